The van der Waals surface area contributed by atoms with Crippen LogP contribution in [0.4, 0.5) is 4.79 Å². The van der Waals surface area contributed by atoms with E-state index in [4.69, 9.17) is 14.9 Å². The molecule has 0 bridgehead atoms. The van der Waals surface area contributed by atoms with Crippen LogP contribution in [0.15, 0.2) is 24.3 Å². The Labute approximate surface area is 110 Å². The molecular weight excluding hydrogens is 250 g/mol. The number of amides is 1. The van der Waals surface area contributed by atoms with Crippen LogP contribution in [0.25, 0.3) is 0 Å². The predicted octanol–water partition coefficient (Wildman–Crippen LogP) is 1.58. The van der Waals surface area contributed by atoms with Gasteiger partial charge in [-0.05, 0) is 19.1 Å². The van der Waals surface area contributed by atoms with E-state index in [1.54, 1.807) is 12.1 Å². The predicted molar refractivity (Wildman–Crippen MR) is 66.4 cm³/mol. The molecule has 0 saturated carbocycles. The lowest BCUT2D eigenvalue weighted by Gasteiger charge is -2.16. The summed E-state index contributed by atoms with van der Waals surface area (Å²) in [4.78, 5) is 22.9. The molecule has 1 aliphatic heterocycles. The quantitative estimate of drug-likeness (QED) is 0.866. The van der Waals surface area contributed by atoms with E-state index in [0.29, 0.717) is 5.75 Å². The number of carbonyl (C=O) groups is 2. The van der Waals surface area contributed by atoms with Gasteiger partial charge in [-0.15, -0.1) is 0 Å². The van der Waals surface area contributed by atoms with E-state index >= 15 is 0 Å². The minimum Gasteiger partial charge on any atom is -0.488 e. The molecule has 1 aromatic carbocycles. The SMILES string of the molecule is Cc1ccc(OC2CC(C(=O)O)N(C(=O)O)C2)cc1. The van der Waals surface area contributed by atoms with Gasteiger partial charge < -0.3 is 14.9 Å². The van der Waals surface area contributed by atoms with Crippen molar-refractivity contribution in [3.8, 4) is 5.75 Å². The molecule has 0 aromatic heterocycles. The second-order valence-electron chi connectivity index (χ2n) is 4.58. The number of carboxylic acid groups (broad SMARTS) is 2. The van der Waals surface area contributed by atoms with Crippen molar-refractivity contribution >= 4 is 12.1 Å². The summed E-state index contributed by atoms with van der Waals surface area (Å²) in [6.07, 6.45) is -1.50. The van der Waals surface area contributed by atoms with E-state index in [0.717, 1.165) is 10.5 Å². The molecule has 1 amide bonds. The first-order chi connectivity index (χ1) is 8.97. The van der Waals surface area contributed by atoms with Gasteiger partial charge in [0.25, 0.3) is 0 Å². The lowest BCUT2D eigenvalue weighted by atomic mass is 10.2. The fraction of sp³-hybridized carbons (Fsp3) is 0.385. The summed E-state index contributed by atoms with van der Waals surface area (Å²) in [5, 5.41) is 18.0. The van der Waals surface area contributed by atoms with Gasteiger partial charge in [0.05, 0.1) is 6.54 Å². The Morgan fingerprint density at radius 2 is 1.89 bits per heavy atom. The Morgan fingerprint density at radius 3 is 2.37 bits per heavy atom. The molecule has 1 saturated heterocycles. The lowest BCUT2D eigenvalue weighted by molar-refractivity contribution is -0.141. The first-order valence-corrected chi connectivity index (χ1v) is 5.93. The number of benzene rings is 1. The van der Waals surface area contributed by atoms with Gasteiger partial charge >= 0.3 is 12.1 Å². The Morgan fingerprint density at radius 1 is 1.26 bits per heavy atom. The summed E-state index contributed by atoms with van der Waals surface area (Å²) < 4.78 is 5.62. The first kappa shape index (κ1) is 13.2. The molecule has 2 atom stereocenters. The van der Waals surface area contributed by atoms with Crippen molar-refractivity contribution in [1.29, 1.82) is 0 Å². The maximum absolute atomic E-state index is 11.0. The largest absolute Gasteiger partial charge is 0.488 e. The van der Waals surface area contributed by atoms with Gasteiger partial charge in [0.2, 0.25) is 0 Å². The van der Waals surface area contributed by atoms with Crippen LogP contribution in [0.3, 0.4) is 0 Å². The molecule has 19 heavy (non-hydrogen) atoms. The molecule has 2 rings (SSSR count). The van der Waals surface area contributed by atoms with Crippen LogP contribution in [0.5, 0.6) is 5.75 Å². The summed E-state index contributed by atoms with van der Waals surface area (Å²) in [5.41, 5.74) is 1.09. The van der Waals surface area contributed by atoms with Crippen molar-refractivity contribution in [3.63, 3.8) is 0 Å². The molecule has 1 aliphatic rings. The number of aryl methyl sites for hydroxylation is 1. The third-order valence-electron chi connectivity index (χ3n) is 3.12. The Bertz CT molecular complexity index is 462. The third kappa shape index (κ3) is 2.96. The molecule has 6 nitrogen and oxygen atoms in total. The fourth-order valence-electron chi connectivity index (χ4n) is 2.14. The highest BCUT2D eigenvalue weighted by Crippen LogP contribution is 2.23. The van der Waals surface area contributed by atoms with Crippen molar-refractivity contribution in [3.05, 3.63) is 29.8 Å². The molecule has 1 heterocycles. The summed E-state index contributed by atoms with van der Waals surface area (Å²) in [6.45, 7) is 2.02. The topological polar surface area (TPSA) is 87.1 Å². The van der Waals surface area contributed by atoms with E-state index in [1.165, 1.54) is 0 Å². The molecule has 102 valence electrons. The molecule has 1 aromatic rings. The van der Waals surface area contributed by atoms with Crippen LogP contribution in [0, 0.1) is 6.92 Å². The number of likely N-dealkylation sites (tertiary alicyclic amines) is 1. The lowest BCUT2D eigenvalue weighted by Crippen LogP contribution is -2.39. The molecule has 2 N–H and O–H groups in total. The zero-order chi connectivity index (χ0) is 14.0. The minimum absolute atomic E-state index is 0.0696. The second kappa shape index (κ2) is 5.17. The molecule has 0 radical (unpaired) electrons. The molecule has 6 heteroatoms. The van der Waals surface area contributed by atoms with E-state index in [1.807, 2.05) is 19.1 Å². The van der Waals surface area contributed by atoms with Gasteiger partial charge in [-0.3, -0.25) is 4.90 Å². The van der Waals surface area contributed by atoms with Gasteiger partial charge in [-0.2, -0.15) is 0 Å². The average Bonchev–Trinajstić information content (AvgIpc) is 2.76. The van der Waals surface area contributed by atoms with Gasteiger partial charge in [-0.25, -0.2) is 9.59 Å². The number of rotatable bonds is 3. The number of hydrogen-bond acceptors (Lipinski definition) is 3. The number of aliphatic carboxylic acids is 1. The number of hydrogen-bond donors (Lipinski definition) is 2. The molecular formula is C13H15NO5. The highest BCUT2D eigenvalue weighted by molar-refractivity contribution is 5.80. The Balaban J connectivity index is 2.05. The van der Waals surface area contributed by atoms with Gasteiger partial charge in [0, 0.05) is 6.42 Å². The van der Waals surface area contributed by atoms with Crippen LogP contribution in [0.2, 0.25) is 0 Å². The van der Waals surface area contributed by atoms with Crippen molar-refractivity contribution in [2.75, 3.05) is 6.54 Å². The highest BCUT2D eigenvalue weighted by atomic mass is 16.5. The highest BCUT2D eigenvalue weighted by Gasteiger charge is 2.40. The number of carboxylic acids is 1. The van der Waals surface area contributed by atoms with E-state index in [2.05, 4.69) is 0 Å². The van der Waals surface area contributed by atoms with E-state index in [9.17, 15) is 9.59 Å². The average molecular weight is 265 g/mol. The van der Waals surface area contributed by atoms with E-state index in [-0.39, 0.29) is 13.0 Å². The van der Waals surface area contributed by atoms with Crippen molar-refractivity contribution in [2.24, 2.45) is 0 Å². The Kier molecular flexibility index (Phi) is 3.59. The van der Waals surface area contributed by atoms with Gasteiger partial charge in [0.1, 0.15) is 17.9 Å². The summed E-state index contributed by atoms with van der Waals surface area (Å²) in [6, 6.07) is 6.30. The summed E-state index contributed by atoms with van der Waals surface area (Å²) in [7, 11) is 0. The van der Waals surface area contributed by atoms with Crippen LogP contribution in [0.1, 0.15) is 12.0 Å². The van der Waals surface area contributed by atoms with Crippen LogP contribution in [-0.2, 0) is 4.79 Å². The van der Waals surface area contributed by atoms with Crippen LogP contribution in [-0.4, -0.2) is 45.9 Å². The van der Waals surface area contributed by atoms with Crippen molar-refractivity contribution < 1.29 is 24.5 Å². The molecule has 1 fully saturated rings. The molecule has 0 aliphatic carbocycles. The van der Waals surface area contributed by atoms with Gasteiger partial charge in [0.15, 0.2) is 0 Å². The normalized spacial score (nSPS) is 22.3. The van der Waals surface area contributed by atoms with Crippen molar-refractivity contribution in [2.45, 2.75) is 25.5 Å². The summed E-state index contributed by atoms with van der Waals surface area (Å²) in [5.74, 6) is -0.524. The zero-order valence-electron chi connectivity index (χ0n) is 10.4. The smallest absolute Gasteiger partial charge is 0.408 e. The van der Waals surface area contributed by atoms with Gasteiger partial charge in [-0.1, -0.05) is 17.7 Å². The maximum atomic E-state index is 11.0. The summed E-state index contributed by atoms with van der Waals surface area (Å²) >= 11 is 0. The first-order valence-electron chi connectivity index (χ1n) is 5.93. The zero-order valence-corrected chi connectivity index (χ0v) is 10.4. The molecule has 2 unspecified atom stereocenters. The van der Waals surface area contributed by atoms with E-state index < -0.39 is 24.2 Å². The van der Waals surface area contributed by atoms with Crippen LogP contribution >= 0.6 is 0 Å². The molecule has 0 spiro atoms. The van der Waals surface area contributed by atoms with Crippen LogP contribution < -0.4 is 4.74 Å². The fourth-order valence-corrected chi connectivity index (χ4v) is 2.14. The Hall–Kier alpha value is -2.24. The standard InChI is InChI=1S/C13H15NO5/c1-8-2-4-9(5-3-8)19-10-6-11(12(15)16)14(7-10)13(17)18/h2-5,10-11H,6-7H2,1H3,(H,15,16)(H,17,18). The number of ether oxygens (including phenoxy) is 1. The third-order valence-corrected chi connectivity index (χ3v) is 3.12. The number of nitrogens with zero attached hydrogens (tertiary/aromatic N) is 1. The second-order valence-corrected chi connectivity index (χ2v) is 4.58. The van der Waals surface area contributed by atoms with Crippen molar-refractivity contribution in [1.82, 2.24) is 4.90 Å². The minimum atomic E-state index is -1.23. The monoisotopic (exact) mass is 265 g/mol. The maximum Gasteiger partial charge on any atom is 0.408 e.